The number of fused-ring (bicyclic) bond motifs is 1. The summed E-state index contributed by atoms with van der Waals surface area (Å²) in [4.78, 5) is 25.0. The summed E-state index contributed by atoms with van der Waals surface area (Å²) in [5, 5.41) is 3.54. The van der Waals surface area contributed by atoms with Gasteiger partial charge in [-0.2, -0.15) is 4.89 Å². The number of hydrogen-bond acceptors (Lipinski definition) is 6. The van der Waals surface area contributed by atoms with Gasteiger partial charge in [-0.1, -0.05) is 6.58 Å². The molecule has 1 heterocycles. The van der Waals surface area contributed by atoms with E-state index in [1.165, 1.54) is 24.8 Å². The van der Waals surface area contributed by atoms with Crippen molar-refractivity contribution in [2.24, 2.45) is 0 Å². The van der Waals surface area contributed by atoms with E-state index < -0.39 is 0 Å². The molecule has 8 heteroatoms. The van der Waals surface area contributed by atoms with Crippen LogP contribution in [0.15, 0.2) is 77.4 Å². The molecule has 0 saturated heterocycles. The first-order chi connectivity index (χ1) is 18.9. The van der Waals surface area contributed by atoms with Crippen LogP contribution in [0.5, 0.6) is 11.5 Å². The molecule has 3 aromatic carbocycles. The largest absolute Gasteiger partial charge is 0.457 e. The van der Waals surface area contributed by atoms with E-state index in [2.05, 4.69) is 22.9 Å². The van der Waals surface area contributed by atoms with Gasteiger partial charge >= 0.3 is 0 Å². The molecule has 202 valence electrons. The van der Waals surface area contributed by atoms with Gasteiger partial charge < -0.3 is 24.3 Å². The molecule has 7 nitrogen and oxygen atoms in total. The van der Waals surface area contributed by atoms with Gasteiger partial charge in [0.1, 0.15) is 34.4 Å². The Kier molecular flexibility index (Phi) is 7.56. The van der Waals surface area contributed by atoms with Crippen LogP contribution in [0.2, 0.25) is 0 Å². The van der Waals surface area contributed by atoms with Crippen LogP contribution >= 0.6 is 0 Å². The quantitative estimate of drug-likeness (QED) is 0.126. The highest BCUT2D eigenvalue weighted by Crippen LogP contribution is 2.47. The Bertz CT molecular complexity index is 1490. The minimum atomic E-state index is -0.325. The number of anilines is 1. The highest BCUT2D eigenvalue weighted by Gasteiger charge is 2.30. The average molecular weight is 531 g/mol. The highest BCUT2D eigenvalue weighted by atomic mass is 19.1. The molecule has 0 radical (unpaired) electrons. The zero-order chi connectivity index (χ0) is 27.5. The first-order valence-electron chi connectivity index (χ1n) is 12.8. The summed E-state index contributed by atoms with van der Waals surface area (Å²) in [5.74, 6) is 2.06. The normalized spacial score (nSPS) is 12.8. The lowest BCUT2D eigenvalue weighted by atomic mass is 10.00. The molecule has 0 aliphatic heterocycles. The van der Waals surface area contributed by atoms with Crippen molar-refractivity contribution in [2.45, 2.75) is 25.2 Å². The standard InChI is InChI=1S/C31H31FN2O5/c1-19(39-36-4)15-16-34(3)27-18-28-26(17-25(27)20-5-6-20)29(31(35)33-2)30(38-28)21-7-11-23(12-8-21)37-24-13-9-22(32)10-14-24/h7-14,17-18,20H,1,5-6,15-16H2,2-4H3,(H,33,35). The number of nitrogens with one attached hydrogen (secondary N) is 1. The number of nitrogens with zero attached hydrogens (tertiary/aromatic N) is 1. The van der Waals surface area contributed by atoms with E-state index in [0.29, 0.717) is 53.0 Å². The maximum Gasteiger partial charge on any atom is 0.255 e. The molecule has 1 aliphatic rings. The van der Waals surface area contributed by atoms with Crippen molar-refractivity contribution in [3.63, 3.8) is 0 Å². The van der Waals surface area contributed by atoms with E-state index in [1.54, 1.807) is 31.3 Å². The van der Waals surface area contributed by atoms with Crippen molar-refractivity contribution in [3.05, 3.63) is 89.9 Å². The summed E-state index contributed by atoms with van der Waals surface area (Å²) in [7, 11) is 5.10. The summed E-state index contributed by atoms with van der Waals surface area (Å²) >= 11 is 0. The molecular weight excluding hydrogens is 499 g/mol. The third kappa shape index (κ3) is 5.76. The van der Waals surface area contributed by atoms with E-state index in [9.17, 15) is 9.18 Å². The molecule has 1 fully saturated rings. The predicted octanol–water partition coefficient (Wildman–Crippen LogP) is 7.19. The molecule has 1 aliphatic carbocycles. The molecule has 1 amide bonds. The number of hydrogen-bond donors (Lipinski definition) is 1. The van der Waals surface area contributed by atoms with Gasteiger partial charge in [-0.3, -0.25) is 4.79 Å². The smallest absolute Gasteiger partial charge is 0.255 e. The van der Waals surface area contributed by atoms with E-state index in [0.717, 1.165) is 29.5 Å². The summed E-state index contributed by atoms with van der Waals surface area (Å²) < 4.78 is 25.4. The van der Waals surface area contributed by atoms with Crippen LogP contribution in [0, 0.1) is 5.82 Å². The third-order valence-corrected chi connectivity index (χ3v) is 6.81. The Labute approximate surface area is 226 Å². The second-order valence-electron chi connectivity index (χ2n) is 9.61. The first-order valence-corrected chi connectivity index (χ1v) is 12.8. The molecule has 1 aromatic heterocycles. The van der Waals surface area contributed by atoms with Gasteiger partial charge in [0.05, 0.1) is 12.7 Å². The SMILES string of the molecule is C=C(CCN(C)c1cc2oc(-c3ccc(Oc4ccc(F)cc4)cc3)c(C(=O)NC)c2cc1C1CC1)OOC. The number of ether oxygens (including phenoxy) is 1. The number of amides is 1. The molecule has 0 spiro atoms. The third-order valence-electron chi connectivity index (χ3n) is 6.81. The Morgan fingerprint density at radius 2 is 1.77 bits per heavy atom. The molecule has 0 unspecified atom stereocenters. The Morgan fingerprint density at radius 3 is 2.38 bits per heavy atom. The van der Waals surface area contributed by atoms with Gasteiger partial charge in [0.2, 0.25) is 0 Å². The van der Waals surface area contributed by atoms with E-state index in [1.807, 2.05) is 25.2 Å². The maximum absolute atomic E-state index is 13.2. The van der Waals surface area contributed by atoms with Crippen LogP contribution in [0.25, 0.3) is 22.3 Å². The fraction of sp³-hybridized carbons (Fsp3) is 0.258. The first kappa shape index (κ1) is 26.3. The van der Waals surface area contributed by atoms with Crippen LogP contribution in [-0.4, -0.2) is 33.7 Å². The average Bonchev–Trinajstić information content (AvgIpc) is 3.72. The van der Waals surface area contributed by atoms with Gasteiger partial charge in [0.25, 0.3) is 5.91 Å². The van der Waals surface area contributed by atoms with Crippen LogP contribution in [0.4, 0.5) is 10.1 Å². The van der Waals surface area contributed by atoms with Crippen molar-refractivity contribution >= 4 is 22.6 Å². The van der Waals surface area contributed by atoms with Crippen LogP contribution < -0.4 is 15.0 Å². The molecule has 5 rings (SSSR count). The van der Waals surface area contributed by atoms with Crippen molar-refractivity contribution in [1.29, 1.82) is 0 Å². The second kappa shape index (κ2) is 11.2. The van der Waals surface area contributed by atoms with Crippen LogP contribution in [-0.2, 0) is 9.78 Å². The molecule has 0 bridgehead atoms. The fourth-order valence-electron chi connectivity index (χ4n) is 4.64. The van der Waals surface area contributed by atoms with Gasteiger partial charge in [-0.15, -0.1) is 0 Å². The number of halogens is 1. The molecular formula is C31H31FN2O5. The zero-order valence-corrected chi connectivity index (χ0v) is 22.3. The predicted molar refractivity (Wildman–Crippen MR) is 149 cm³/mol. The number of furan rings is 1. The van der Waals surface area contributed by atoms with Crippen LogP contribution in [0.3, 0.4) is 0 Å². The van der Waals surface area contributed by atoms with Gasteiger partial charge in [0.15, 0.2) is 0 Å². The summed E-state index contributed by atoms with van der Waals surface area (Å²) in [6.45, 7) is 4.56. The van der Waals surface area contributed by atoms with E-state index in [-0.39, 0.29) is 11.7 Å². The van der Waals surface area contributed by atoms with Gasteiger partial charge in [-0.05, 0) is 78.9 Å². The van der Waals surface area contributed by atoms with E-state index in [4.69, 9.17) is 18.9 Å². The van der Waals surface area contributed by atoms with Gasteiger partial charge in [-0.25, -0.2) is 4.39 Å². The van der Waals surface area contributed by atoms with Crippen molar-refractivity contribution < 1.29 is 28.1 Å². The molecule has 39 heavy (non-hydrogen) atoms. The molecule has 1 saturated carbocycles. The number of carbonyl (C=O) groups is 1. The fourth-order valence-corrected chi connectivity index (χ4v) is 4.64. The number of carbonyl (C=O) groups excluding carboxylic acids is 1. The second-order valence-corrected chi connectivity index (χ2v) is 9.61. The Morgan fingerprint density at radius 1 is 1.10 bits per heavy atom. The lowest BCUT2D eigenvalue weighted by Crippen LogP contribution is -2.21. The van der Waals surface area contributed by atoms with Gasteiger partial charge in [0, 0.05) is 49.8 Å². The molecule has 0 atom stereocenters. The lowest BCUT2D eigenvalue weighted by Gasteiger charge is -2.23. The Balaban J connectivity index is 1.50. The Hall–Kier alpha value is -4.30. The van der Waals surface area contributed by atoms with Crippen molar-refractivity contribution in [3.8, 4) is 22.8 Å². The van der Waals surface area contributed by atoms with E-state index >= 15 is 0 Å². The summed E-state index contributed by atoms with van der Waals surface area (Å²) in [5.41, 5.74) is 4.13. The minimum absolute atomic E-state index is 0.216. The zero-order valence-electron chi connectivity index (χ0n) is 22.3. The van der Waals surface area contributed by atoms with Crippen LogP contribution in [0.1, 0.15) is 41.1 Å². The summed E-state index contributed by atoms with van der Waals surface area (Å²) in [6.07, 6.45) is 2.83. The summed E-state index contributed by atoms with van der Waals surface area (Å²) in [6, 6.07) is 17.2. The van der Waals surface area contributed by atoms with Crippen molar-refractivity contribution in [1.82, 2.24) is 5.32 Å². The maximum atomic E-state index is 13.2. The van der Waals surface area contributed by atoms with Crippen molar-refractivity contribution in [2.75, 3.05) is 32.6 Å². The monoisotopic (exact) mass is 530 g/mol. The lowest BCUT2D eigenvalue weighted by molar-refractivity contribution is -0.238. The number of benzene rings is 3. The topological polar surface area (TPSA) is 73.2 Å². The minimum Gasteiger partial charge on any atom is -0.457 e. The molecule has 4 aromatic rings. The molecule has 1 N–H and O–H groups in total. The number of rotatable bonds is 11. The highest BCUT2D eigenvalue weighted by molar-refractivity contribution is 6.11.